The summed E-state index contributed by atoms with van der Waals surface area (Å²) in [4.78, 5) is 0. The van der Waals surface area contributed by atoms with Gasteiger partial charge >= 0.3 is 0 Å². The van der Waals surface area contributed by atoms with Crippen LogP contribution in [0, 0.1) is 0 Å². The molecule has 0 saturated carbocycles. The molecule has 0 aromatic heterocycles. The molecule has 4 heteroatoms. The first-order valence-electron chi connectivity index (χ1n) is 4.48. The maximum absolute atomic E-state index is 8.34. The highest BCUT2D eigenvalue weighted by Crippen LogP contribution is 2.10. The molecule has 1 aromatic rings. The molecule has 0 heterocycles. The first-order valence-corrected chi connectivity index (χ1v) is 4.48. The smallest absolute Gasteiger partial charge is 0.153 e. The maximum atomic E-state index is 8.34. The second kappa shape index (κ2) is 5.24. The Morgan fingerprint density at radius 2 is 2.14 bits per heavy atom. The van der Waals surface area contributed by atoms with E-state index in [1.165, 1.54) is 5.56 Å². The van der Waals surface area contributed by atoms with Crippen LogP contribution in [0.25, 0.3) is 0 Å². The van der Waals surface area contributed by atoms with E-state index in [-0.39, 0.29) is 11.9 Å². The van der Waals surface area contributed by atoms with Crippen LogP contribution in [0.3, 0.4) is 0 Å². The number of hydrogen-bond donors (Lipinski definition) is 3. The van der Waals surface area contributed by atoms with E-state index >= 15 is 0 Å². The fourth-order valence-electron chi connectivity index (χ4n) is 1.15. The highest BCUT2D eigenvalue weighted by molar-refractivity contribution is 5.81. The maximum Gasteiger partial charge on any atom is 0.153 e. The van der Waals surface area contributed by atoms with Crippen molar-refractivity contribution >= 4 is 5.84 Å². The Bertz CT molecular complexity index is 297. The number of benzene rings is 1. The van der Waals surface area contributed by atoms with Crippen molar-refractivity contribution < 1.29 is 5.21 Å². The normalized spacial score (nSPS) is 13.9. The molecule has 0 bridgehead atoms. The number of amidine groups is 1. The molecule has 1 atom stereocenters. The van der Waals surface area contributed by atoms with Crippen molar-refractivity contribution in [3.8, 4) is 0 Å². The molecule has 4 nitrogen and oxygen atoms in total. The van der Waals surface area contributed by atoms with Gasteiger partial charge in [0.25, 0.3) is 0 Å². The Morgan fingerprint density at radius 1 is 1.50 bits per heavy atom. The minimum absolute atomic E-state index is 0.188. The van der Waals surface area contributed by atoms with Gasteiger partial charge in [-0.05, 0) is 12.5 Å². The van der Waals surface area contributed by atoms with Crippen LogP contribution in [0.2, 0.25) is 0 Å². The molecule has 0 radical (unpaired) electrons. The lowest BCUT2D eigenvalue weighted by molar-refractivity contribution is 0.316. The predicted molar refractivity (Wildman–Crippen MR) is 56.3 cm³/mol. The van der Waals surface area contributed by atoms with Gasteiger partial charge in [0.2, 0.25) is 0 Å². The van der Waals surface area contributed by atoms with Crippen molar-refractivity contribution in [1.82, 2.24) is 5.32 Å². The number of hydrogen-bond acceptors (Lipinski definition) is 3. The van der Waals surface area contributed by atoms with Gasteiger partial charge in [-0.1, -0.05) is 35.5 Å². The van der Waals surface area contributed by atoms with Crippen LogP contribution in [0.5, 0.6) is 0 Å². The van der Waals surface area contributed by atoms with Crippen LogP contribution >= 0.6 is 0 Å². The van der Waals surface area contributed by atoms with Crippen LogP contribution in [-0.4, -0.2) is 17.6 Å². The van der Waals surface area contributed by atoms with Crippen LogP contribution < -0.4 is 11.1 Å². The number of rotatable bonds is 4. The largest absolute Gasteiger partial charge is 0.409 e. The van der Waals surface area contributed by atoms with Gasteiger partial charge < -0.3 is 16.3 Å². The quantitative estimate of drug-likeness (QED) is 0.290. The molecule has 76 valence electrons. The highest BCUT2D eigenvalue weighted by atomic mass is 16.4. The highest BCUT2D eigenvalue weighted by Gasteiger charge is 2.03. The molecule has 0 spiro atoms. The second-order valence-corrected chi connectivity index (χ2v) is 3.10. The lowest BCUT2D eigenvalue weighted by atomic mass is 10.1. The lowest BCUT2D eigenvalue weighted by Gasteiger charge is -2.13. The molecule has 1 rings (SSSR count). The monoisotopic (exact) mass is 193 g/mol. The Labute approximate surface area is 83.4 Å². The first-order chi connectivity index (χ1) is 6.74. The molecule has 0 aliphatic carbocycles. The van der Waals surface area contributed by atoms with E-state index in [4.69, 9.17) is 10.9 Å². The molecule has 0 unspecified atom stereocenters. The Kier molecular flexibility index (Phi) is 3.94. The zero-order valence-corrected chi connectivity index (χ0v) is 8.14. The second-order valence-electron chi connectivity index (χ2n) is 3.10. The molecule has 0 aliphatic heterocycles. The SMILES string of the molecule is C[C@H](NCC(N)=NO)c1ccccc1. The Balaban J connectivity index is 2.47. The summed E-state index contributed by atoms with van der Waals surface area (Å²) in [7, 11) is 0. The third-order valence-electron chi connectivity index (χ3n) is 2.02. The predicted octanol–water partition coefficient (Wildman–Crippen LogP) is 1.08. The van der Waals surface area contributed by atoms with Crippen LogP contribution in [-0.2, 0) is 0 Å². The van der Waals surface area contributed by atoms with Crippen molar-refractivity contribution in [3.05, 3.63) is 35.9 Å². The lowest BCUT2D eigenvalue weighted by Crippen LogP contribution is -2.30. The van der Waals surface area contributed by atoms with Crippen molar-refractivity contribution in [3.63, 3.8) is 0 Å². The van der Waals surface area contributed by atoms with Crippen molar-refractivity contribution in [1.29, 1.82) is 0 Å². The molecule has 1 aromatic carbocycles. The zero-order chi connectivity index (χ0) is 10.4. The fourth-order valence-corrected chi connectivity index (χ4v) is 1.15. The van der Waals surface area contributed by atoms with Gasteiger partial charge in [-0.2, -0.15) is 0 Å². The summed E-state index contributed by atoms with van der Waals surface area (Å²) in [5.74, 6) is 0.188. The molecule has 0 fully saturated rings. The van der Waals surface area contributed by atoms with Gasteiger partial charge in [-0.15, -0.1) is 0 Å². The molecular weight excluding hydrogens is 178 g/mol. The number of nitrogens with one attached hydrogen (secondary N) is 1. The Hall–Kier alpha value is -1.55. The van der Waals surface area contributed by atoms with E-state index in [0.29, 0.717) is 6.54 Å². The topological polar surface area (TPSA) is 70.6 Å². The van der Waals surface area contributed by atoms with Gasteiger partial charge in [0.15, 0.2) is 5.84 Å². The standard InChI is InChI=1S/C10H15N3O/c1-8(12-7-10(11)13-14)9-5-3-2-4-6-9/h2-6,8,12,14H,7H2,1H3,(H2,11,13)/t8-/m0/s1. The molecule has 4 N–H and O–H groups in total. The average molecular weight is 193 g/mol. The number of nitrogens with zero attached hydrogens (tertiary/aromatic N) is 1. The molecular formula is C10H15N3O. The van der Waals surface area contributed by atoms with E-state index in [9.17, 15) is 0 Å². The Morgan fingerprint density at radius 3 is 2.71 bits per heavy atom. The van der Waals surface area contributed by atoms with E-state index in [1.54, 1.807) is 0 Å². The third kappa shape index (κ3) is 3.06. The molecule has 0 aliphatic rings. The van der Waals surface area contributed by atoms with Gasteiger partial charge in [0.1, 0.15) is 0 Å². The summed E-state index contributed by atoms with van der Waals surface area (Å²) in [6.45, 7) is 2.41. The fraction of sp³-hybridized carbons (Fsp3) is 0.300. The number of oxime groups is 1. The van der Waals surface area contributed by atoms with Crippen molar-refractivity contribution in [2.75, 3.05) is 6.54 Å². The van der Waals surface area contributed by atoms with Crippen LogP contribution in [0.4, 0.5) is 0 Å². The summed E-state index contributed by atoms with van der Waals surface area (Å²) in [6.07, 6.45) is 0. The van der Waals surface area contributed by atoms with E-state index in [1.807, 2.05) is 37.3 Å². The van der Waals surface area contributed by atoms with Crippen LogP contribution in [0.1, 0.15) is 18.5 Å². The van der Waals surface area contributed by atoms with Gasteiger partial charge in [-0.25, -0.2) is 0 Å². The van der Waals surface area contributed by atoms with Gasteiger partial charge in [0, 0.05) is 6.04 Å². The van der Waals surface area contributed by atoms with E-state index in [2.05, 4.69) is 10.5 Å². The minimum atomic E-state index is 0.188. The first kappa shape index (κ1) is 10.5. The van der Waals surface area contributed by atoms with Crippen LogP contribution in [0.15, 0.2) is 35.5 Å². The summed E-state index contributed by atoms with van der Waals surface area (Å²) < 4.78 is 0. The van der Waals surface area contributed by atoms with E-state index < -0.39 is 0 Å². The molecule has 14 heavy (non-hydrogen) atoms. The summed E-state index contributed by atoms with van der Waals surface area (Å²) in [5.41, 5.74) is 6.52. The van der Waals surface area contributed by atoms with Crippen molar-refractivity contribution in [2.24, 2.45) is 10.9 Å². The van der Waals surface area contributed by atoms with E-state index in [0.717, 1.165) is 0 Å². The minimum Gasteiger partial charge on any atom is -0.409 e. The number of nitrogens with two attached hydrogens (primary N) is 1. The summed E-state index contributed by atoms with van der Waals surface area (Å²) >= 11 is 0. The van der Waals surface area contributed by atoms with Crippen molar-refractivity contribution in [2.45, 2.75) is 13.0 Å². The zero-order valence-electron chi connectivity index (χ0n) is 8.14. The molecule has 0 saturated heterocycles. The van der Waals surface area contributed by atoms with Gasteiger partial charge in [-0.3, -0.25) is 0 Å². The average Bonchev–Trinajstić information content (AvgIpc) is 2.26. The summed E-state index contributed by atoms with van der Waals surface area (Å²) in [6, 6.07) is 10.2. The summed E-state index contributed by atoms with van der Waals surface area (Å²) in [5, 5.41) is 14.4. The van der Waals surface area contributed by atoms with Gasteiger partial charge in [0.05, 0.1) is 6.54 Å². The third-order valence-corrected chi connectivity index (χ3v) is 2.02. The molecule has 0 amide bonds.